The molecule has 0 bridgehead atoms. The normalized spacial score (nSPS) is 10.9. The van der Waals surface area contributed by atoms with E-state index in [9.17, 15) is 4.79 Å². The van der Waals surface area contributed by atoms with Crippen LogP contribution in [0, 0.1) is 18.3 Å². The number of methoxy groups -OCH3 is 1. The van der Waals surface area contributed by atoms with Gasteiger partial charge in [-0.05, 0) is 31.0 Å². The molecule has 1 rings (SSSR count). The van der Waals surface area contributed by atoms with Gasteiger partial charge in [-0.25, -0.2) is 0 Å². The van der Waals surface area contributed by atoms with E-state index in [-0.39, 0.29) is 5.57 Å². The summed E-state index contributed by atoms with van der Waals surface area (Å²) in [5.41, 5.74) is 1.72. The first-order valence-corrected chi connectivity index (χ1v) is 6.86. The smallest absolute Gasteiger partial charge is 0.263 e. The number of carbonyl (C=O) groups is 1. The van der Waals surface area contributed by atoms with Gasteiger partial charge in [0, 0.05) is 37.2 Å². The van der Waals surface area contributed by atoms with Gasteiger partial charge in [0.25, 0.3) is 5.91 Å². The van der Waals surface area contributed by atoms with Gasteiger partial charge < -0.3 is 15.4 Å². The number of carbonyl (C=O) groups excluding carboxylic acids is 1. The fourth-order valence-electron chi connectivity index (χ4n) is 1.56. The summed E-state index contributed by atoms with van der Waals surface area (Å²) in [4.78, 5) is 11.8. The van der Waals surface area contributed by atoms with Gasteiger partial charge in [0.15, 0.2) is 0 Å². The van der Waals surface area contributed by atoms with Crippen LogP contribution in [0.5, 0.6) is 0 Å². The summed E-state index contributed by atoms with van der Waals surface area (Å²) < 4.78 is 4.88. The fraction of sp³-hybridized carbons (Fsp3) is 0.333. The molecule has 5 nitrogen and oxygen atoms in total. The fourth-order valence-corrected chi connectivity index (χ4v) is 1.73. The molecule has 1 amide bonds. The predicted octanol–water partition coefficient (Wildman–Crippen LogP) is 2.62. The third-order valence-corrected chi connectivity index (χ3v) is 2.98. The SMILES string of the molecule is COCCCNC(=O)/C(C#N)=C\Nc1cc(Cl)ccc1C. The van der Waals surface area contributed by atoms with Crippen molar-refractivity contribution in [1.82, 2.24) is 5.32 Å². The summed E-state index contributed by atoms with van der Waals surface area (Å²) in [6, 6.07) is 7.24. The molecular weight excluding hydrogens is 290 g/mol. The second kappa shape index (κ2) is 9.01. The Balaban J connectivity index is 2.65. The minimum Gasteiger partial charge on any atom is -0.385 e. The van der Waals surface area contributed by atoms with E-state index < -0.39 is 5.91 Å². The van der Waals surface area contributed by atoms with E-state index in [1.54, 1.807) is 19.2 Å². The van der Waals surface area contributed by atoms with Crippen LogP contribution in [0.25, 0.3) is 0 Å². The van der Waals surface area contributed by atoms with Crippen molar-refractivity contribution in [3.05, 3.63) is 40.6 Å². The molecule has 0 saturated carbocycles. The number of aryl methyl sites for hydroxylation is 1. The third-order valence-electron chi connectivity index (χ3n) is 2.75. The Morgan fingerprint density at radius 2 is 2.29 bits per heavy atom. The summed E-state index contributed by atoms with van der Waals surface area (Å²) in [5, 5.41) is 15.2. The third kappa shape index (κ3) is 5.86. The minimum absolute atomic E-state index is 0.00629. The number of anilines is 1. The van der Waals surface area contributed by atoms with Crippen LogP contribution < -0.4 is 10.6 Å². The van der Waals surface area contributed by atoms with E-state index in [0.717, 1.165) is 11.3 Å². The molecule has 0 fully saturated rings. The van der Waals surface area contributed by atoms with Gasteiger partial charge in [0.1, 0.15) is 11.6 Å². The molecule has 0 heterocycles. The quantitative estimate of drug-likeness (QED) is 0.461. The molecule has 2 N–H and O–H groups in total. The van der Waals surface area contributed by atoms with E-state index in [1.165, 1.54) is 6.20 Å². The van der Waals surface area contributed by atoms with E-state index in [2.05, 4.69) is 10.6 Å². The zero-order valence-electron chi connectivity index (χ0n) is 12.1. The van der Waals surface area contributed by atoms with Crippen LogP contribution in [0.2, 0.25) is 5.02 Å². The van der Waals surface area contributed by atoms with Crippen LogP contribution in [-0.2, 0) is 9.53 Å². The van der Waals surface area contributed by atoms with E-state index in [1.807, 2.05) is 19.1 Å². The standard InChI is InChI=1S/C15H18ClN3O2/c1-11-4-5-13(16)8-14(11)19-10-12(9-17)15(20)18-6-3-7-21-2/h4-5,8,10,19H,3,6-7H2,1-2H3,(H,18,20)/b12-10-. The van der Waals surface area contributed by atoms with Crippen LogP contribution in [0.3, 0.4) is 0 Å². The van der Waals surface area contributed by atoms with Crippen LogP contribution >= 0.6 is 11.6 Å². The number of benzene rings is 1. The summed E-state index contributed by atoms with van der Waals surface area (Å²) in [6.07, 6.45) is 2.08. The molecule has 0 radical (unpaired) electrons. The lowest BCUT2D eigenvalue weighted by atomic mass is 10.2. The zero-order chi connectivity index (χ0) is 15.7. The average molecular weight is 308 g/mol. The molecule has 1 aromatic carbocycles. The number of hydrogen-bond donors (Lipinski definition) is 2. The Bertz CT molecular complexity index is 565. The van der Waals surface area contributed by atoms with Gasteiger partial charge in [-0.1, -0.05) is 17.7 Å². The van der Waals surface area contributed by atoms with Crippen molar-refractivity contribution < 1.29 is 9.53 Å². The lowest BCUT2D eigenvalue weighted by Gasteiger charge is -2.07. The van der Waals surface area contributed by atoms with Crippen LogP contribution in [0.1, 0.15) is 12.0 Å². The largest absolute Gasteiger partial charge is 0.385 e. The van der Waals surface area contributed by atoms with E-state index in [4.69, 9.17) is 21.6 Å². The summed E-state index contributed by atoms with van der Waals surface area (Å²) >= 11 is 5.91. The lowest BCUT2D eigenvalue weighted by Crippen LogP contribution is -2.26. The zero-order valence-corrected chi connectivity index (χ0v) is 12.8. The molecule has 21 heavy (non-hydrogen) atoms. The maximum Gasteiger partial charge on any atom is 0.263 e. The Hall–Kier alpha value is -2.03. The summed E-state index contributed by atoms with van der Waals surface area (Å²) in [6.45, 7) is 2.93. The van der Waals surface area contributed by atoms with Crippen LogP contribution in [0.4, 0.5) is 5.69 Å². The molecule has 0 atom stereocenters. The first-order chi connectivity index (χ1) is 10.1. The van der Waals surface area contributed by atoms with Crippen molar-refractivity contribution in [2.45, 2.75) is 13.3 Å². The van der Waals surface area contributed by atoms with Crippen molar-refractivity contribution in [3.63, 3.8) is 0 Å². The number of nitriles is 1. The summed E-state index contributed by atoms with van der Waals surface area (Å²) in [7, 11) is 1.60. The van der Waals surface area contributed by atoms with Gasteiger partial charge >= 0.3 is 0 Å². The molecule has 0 spiro atoms. The first kappa shape index (κ1) is 17.0. The maximum atomic E-state index is 11.8. The molecule has 1 aromatic rings. The Labute approximate surface area is 129 Å². The number of nitrogens with zero attached hydrogens (tertiary/aromatic N) is 1. The van der Waals surface area contributed by atoms with Crippen molar-refractivity contribution >= 4 is 23.2 Å². The topological polar surface area (TPSA) is 74.1 Å². The second-order valence-electron chi connectivity index (χ2n) is 4.38. The van der Waals surface area contributed by atoms with Crippen molar-refractivity contribution in [2.24, 2.45) is 0 Å². The van der Waals surface area contributed by atoms with Crippen molar-refractivity contribution in [2.75, 3.05) is 25.6 Å². The maximum absolute atomic E-state index is 11.8. The number of ether oxygens (including phenoxy) is 1. The Kier molecular flexibility index (Phi) is 7.30. The predicted molar refractivity (Wildman–Crippen MR) is 83.0 cm³/mol. The molecule has 0 unspecified atom stereocenters. The first-order valence-electron chi connectivity index (χ1n) is 6.48. The molecule has 0 aliphatic heterocycles. The highest BCUT2D eigenvalue weighted by atomic mass is 35.5. The van der Waals surface area contributed by atoms with Crippen molar-refractivity contribution in [1.29, 1.82) is 5.26 Å². The summed E-state index contributed by atoms with van der Waals surface area (Å²) in [5.74, 6) is -0.416. The number of rotatable bonds is 7. The average Bonchev–Trinajstić information content (AvgIpc) is 2.47. The van der Waals surface area contributed by atoms with Gasteiger partial charge in [0.2, 0.25) is 0 Å². The van der Waals surface area contributed by atoms with Gasteiger partial charge in [-0.2, -0.15) is 5.26 Å². The minimum atomic E-state index is -0.416. The Morgan fingerprint density at radius 3 is 2.95 bits per heavy atom. The molecule has 112 valence electrons. The highest BCUT2D eigenvalue weighted by Crippen LogP contribution is 2.20. The highest BCUT2D eigenvalue weighted by molar-refractivity contribution is 6.30. The molecular formula is C15H18ClN3O2. The van der Waals surface area contributed by atoms with Crippen LogP contribution in [-0.4, -0.2) is 26.2 Å². The molecule has 0 saturated heterocycles. The number of nitrogens with one attached hydrogen (secondary N) is 2. The molecule has 0 aliphatic rings. The highest BCUT2D eigenvalue weighted by Gasteiger charge is 2.08. The van der Waals surface area contributed by atoms with Gasteiger partial charge in [-0.3, -0.25) is 4.79 Å². The molecule has 0 aliphatic carbocycles. The number of halogens is 1. The van der Waals surface area contributed by atoms with Gasteiger partial charge in [-0.15, -0.1) is 0 Å². The number of hydrogen-bond acceptors (Lipinski definition) is 4. The monoisotopic (exact) mass is 307 g/mol. The molecule has 0 aromatic heterocycles. The lowest BCUT2D eigenvalue weighted by molar-refractivity contribution is -0.117. The second-order valence-corrected chi connectivity index (χ2v) is 4.81. The molecule has 6 heteroatoms. The van der Waals surface area contributed by atoms with Gasteiger partial charge in [0.05, 0.1) is 0 Å². The van der Waals surface area contributed by atoms with E-state index in [0.29, 0.717) is 24.6 Å². The van der Waals surface area contributed by atoms with Crippen LogP contribution in [0.15, 0.2) is 30.0 Å². The number of amides is 1. The Morgan fingerprint density at radius 1 is 1.52 bits per heavy atom. The van der Waals surface area contributed by atoms with E-state index >= 15 is 0 Å². The van der Waals surface area contributed by atoms with Crippen molar-refractivity contribution in [3.8, 4) is 6.07 Å².